The zero-order valence-electron chi connectivity index (χ0n) is 5.99. The number of likely N-dealkylation sites (N-methyl/N-ethyl adjacent to an activating group) is 1. The van der Waals surface area contributed by atoms with Crippen LogP contribution in [0.25, 0.3) is 0 Å². The summed E-state index contributed by atoms with van der Waals surface area (Å²) in [7, 11) is 1.11. The summed E-state index contributed by atoms with van der Waals surface area (Å²) in [6.45, 7) is 9.18. The minimum absolute atomic E-state index is 0.534. The van der Waals surface area contributed by atoms with Gasteiger partial charge in [0.05, 0.1) is 0 Å². The first kappa shape index (κ1) is 7.92. The van der Waals surface area contributed by atoms with Crippen LogP contribution in [0, 0.1) is 0 Å². The first-order valence-corrected chi connectivity index (χ1v) is 4.07. The number of hydrogen-bond acceptors (Lipinski definition) is 1. The second kappa shape index (κ2) is 3.86. The summed E-state index contributed by atoms with van der Waals surface area (Å²) in [5.41, 5.74) is 0. The normalized spacial score (nSPS) is 13.8. The third-order valence-electron chi connectivity index (χ3n) is 1.25. The fourth-order valence-electron chi connectivity index (χ4n) is 0.480. The van der Waals surface area contributed by atoms with Crippen molar-refractivity contribution in [3.05, 3.63) is 11.8 Å². The van der Waals surface area contributed by atoms with Crippen LogP contribution in [0.1, 0.15) is 13.8 Å². The molecule has 1 unspecified atom stereocenters. The molecule has 0 aromatic heterocycles. The molecule has 0 aliphatic heterocycles. The Morgan fingerprint density at radius 1 is 1.88 bits per heavy atom. The molecule has 0 aliphatic rings. The lowest BCUT2D eigenvalue weighted by molar-refractivity contribution is 0.653. The molecule has 48 valence electrons. The third kappa shape index (κ3) is 2.99. The van der Waals surface area contributed by atoms with Crippen molar-refractivity contribution in [1.82, 2.24) is 5.32 Å². The SMILES string of the molecule is C=C([SiH3])C(C)NCC. The van der Waals surface area contributed by atoms with E-state index in [0.29, 0.717) is 6.04 Å². The molecule has 0 amide bonds. The standard InChI is InChI=1S/C6H15NSi/c1-4-7-5(2)6(3)8/h5,7H,3-4H2,1-2,8H3. The molecule has 0 spiro atoms. The molecule has 1 N–H and O–H groups in total. The van der Waals surface area contributed by atoms with Crippen molar-refractivity contribution in [3.8, 4) is 0 Å². The van der Waals surface area contributed by atoms with Crippen LogP contribution in [0.15, 0.2) is 11.8 Å². The first-order chi connectivity index (χ1) is 3.68. The average molecular weight is 129 g/mol. The maximum atomic E-state index is 3.87. The molecule has 8 heavy (non-hydrogen) atoms. The van der Waals surface area contributed by atoms with Gasteiger partial charge in [-0.25, -0.2) is 0 Å². The highest BCUT2D eigenvalue weighted by Gasteiger charge is 1.95. The molecule has 2 heteroatoms. The van der Waals surface area contributed by atoms with Crippen molar-refractivity contribution in [2.24, 2.45) is 0 Å². The molecule has 0 saturated carbocycles. The van der Waals surface area contributed by atoms with Gasteiger partial charge in [-0.1, -0.05) is 12.1 Å². The van der Waals surface area contributed by atoms with Crippen LogP contribution < -0.4 is 5.32 Å². The molecule has 0 aromatic carbocycles. The van der Waals surface area contributed by atoms with Gasteiger partial charge in [0.1, 0.15) is 0 Å². The van der Waals surface area contributed by atoms with Gasteiger partial charge in [-0.3, -0.25) is 0 Å². The van der Waals surface area contributed by atoms with E-state index in [-0.39, 0.29) is 0 Å². The van der Waals surface area contributed by atoms with Crippen molar-refractivity contribution in [2.45, 2.75) is 19.9 Å². The van der Waals surface area contributed by atoms with Gasteiger partial charge in [-0.15, -0.1) is 6.58 Å². The van der Waals surface area contributed by atoms with Crippen molar-refractivity contribution in [1.29, 1.82) is 0 Å². The van der Waals surface area contributed by atoms with Crippen molar-refractivity contribution in [3.63, 3.8) is 0 Å². The van der Waals surface area contributed by atoms with Crippen LogP contribution in [0.3, 0.4) is 0 Å². The smallest absolute Gasteiger partial charge is 0.0345 e. The predicted molar refractivity (Wildman–Crippen MR) is 42.2 cm³/mol. The molecule has 1 atom stereocenters. The number of nitrogens with one attached hydrogen (secondary N) is 1. The van der Waals surface area contributed by atoms with Gasteiger partial charge < -0.3 is 5.32 Å². The number of hydrogen-bond donors (Lipinski definition) is 1. The highest BCUT2D eigenvalue weighted by atomic mass is 28.1. The molecule has 0 rings (SSSR count). The molecule has 0 aromatic rings. The van der Waals surface area contributed by atoms with Gasteiger partial charge in [0.15, 0.2) is 0 Å². The zero-order valence-corrected chi connectivity index (χ0v) is 7.99. The van der Waals surface area contributed by atoms with E-state index >= 15 is 0 Å². The topological polar surface area (TPSA) is 12.0 Å². The molecule has 0 aliphatic carbocycles. The second-order valence-corrected chi connectivity index (χ2v) is 3.41. The van der Waals surface area contributed by atoms with E-state index in [1.54, 1.807) is 0 Å². The average Bonchev–Trinajstić information content (AvgIpc) is 1.67. The Kier molecular flexibility index (Phi) is 3.82. The van der Waals surface area contributed by atoms with E-state index in [1.807, 2.05) is 0 Å². The first-order valence-electron chi connectivity index (χ1n) is 3.07. The molecule has 0 saturated heterocycles. The molecular formula is C6H15NSi. The predicted octanol–water partition coefficient (Wildman–Crippen LogP) is -0.137. The minimum Gasteiger partial charge on any atom is -0.311 e. The van der Waals surface area contributed by atoms with Crippen LogP contribution in [0.4, 0.5) is 0 Å². The third-order valence-corrected chi connectivity index (χ3v) is 2.12. The molecule has 0 fully saturated rings. The van der Waals surface area contributed by atoms with E-state index in [2.05, 4.69) is 25.7 Å². The second-order valence-electron chi connectivity index (χ2n) is 2.13. The summed E-state index contributed by atoms with van der Waals surface area (Å²) in [6, 6.07) is 0.534. The Balaban J connectivity index is 3.32. The summed E-state index contributed by atoms with van der Waals surface area (Å²) in [6.07, 6.45) is 0. The fourth-order valence-corrected chi connectivity index (χ4v) is 0.685. The van der Waals surface area contributed by atoms with Gasteiger partial charge in [-0.05, 0) is 13.5 Å². The van der Waals surface area contributed by atoms with Gasteiger partial charge in [0.25, 0.3) is 0 Å². The molecule has 0 heterocycles. The Morgan fingerprint density at radius 2 is 2.38 bits per heavy atom. The van der Waals surface area contributed by atoms with E-state index in [4.69, 9.17) is 0 Å². The Labute approximate surface area is 54.6 Å². The molecule has 0 bridgehead atoms. The summed E-state index contributed by atoms with van der Waals surface area (Å²) >= 11 is 0. The van der Waals surface area contributed by atoms with Gasteiger partial charge in [-0.2, -0.15) is 0 Å². The van der Waals surface area contributed by atoms with Crippen molar-refractivity contribution < 1.29 is 0 Å². The summed E-state index contributed by atoms with van der Waals surface area (Å²) < 4.78 is 0. The maximum Gasteiger partial charge on any atom is 0.0345 e. The lowest BCUT2D eigenvalue weighted by Crippen LogP contribution is -2.27. The largest absolute Gasteiger partial charge is 0.311 e. The lowest BCUT2D eigenvalue weighted by atomic mass is 10.3. The Bertz CT molecular complexity index is 80.6. The van der Waals surface area contributed by atoms with Crippen LogP contribution in [0.5, 0.6) is 0 Å². The fraction of sp³-hybridized carbons (Fsp3) is 0.667. The monoisotopic (exact) mass is 129 g/mol. The van der Waals surface area contributed by atoms with Crippen LogP contribution >= 0.6 is 0 Å². The zero-order chi connectivity index (χ0) is 6.57. The highest BCUT2D eigenvalue weighted by molar-refractivity contribution is 6.21. The van der Waals surface area contributed by atoms with Gasteiger partial charge in [0, 0.05) is 16.3 Å². The maximum absolute atomic E-state index is 3.87. The van der Waals surface area contributed by atoms with E-state index in [9.17, 15) is 0 Å². The molecule has 1 nitrogen and oxygen atoms in total. The van der Waals surface area contributed by atoms with E-state index in [0.717, 1.165) is 16.8 Å². The van der Waals surface area contributed by atoms with E-state index < -0.39 is 0 Å². The van der Waals surface area contributed by atoms with Gasteiger partial charge in [0.2, 0.25) is 0 Å². The van der Waals surface area contributed by atoms with Crippen molar-refractivity contribution >= 4 is 10.2 Å². The number of rotatable bonds is 3. The summed E-state index contributed by atoms with van der Waals surface area (Å²) in [5, 5.41) is 4.62. The van der Waals surface area contributed by atoms with Crippen LogP contribution in [0.2, 0.25) is 0 Å². The van der Waals surface area contributed by atoms with Crippen LogP contribution in [-0.2, 0) is 0 Å². The van der Waals surface area contributed by atoms with E-state index in [1.165, 1.54) is 5.20 Å². The Hall–Kier alpha value is -0.0831. The summed E-state index contributed by atoms with van der Waals surface area (Å²) in [5.74, 6) is 0. The minimum atomic E-state index is 0.534. The molecule has 0 radical (unpaired) electrons. The van der Waals surface area contributed by atoms with Crippen molar-refractivity contribution in [2.75, 3.05) is 6.54 Å². The summed E-state index contributed by atoms with van der Waals surface area (Å²) in [4.78, 5) is 0. The molecular weight excluding hydrogens is 114 g/mol. The van der Waals surface area contributed by atoms with Gasteiger partial charge >= 0.3 is 0 Å². The quantitative estimate of drug-likeness (QED) is 0.523. The Morgan fingerprint density at radius 3 is 2.50 bits per heavy atom. The lowest BCUT2D eigenvalue weighted by Gasteiger charge is -2.10. The highest BCUT2D eigenvalue weighted by Crippen LogP contribution is 1.89. The van der Waals surface area contributed by atoms with Crippen LogP contribution in [-0.4, -0.2) is 22.8 Å².